The lowest BCUT2D eigenvalue weighted by Crippen LogP contribution is -2.18. The minimum Gasteiger partial charge on any atom is -0.355 e. The number of rotatable bonds is 4. The highest BCUT2D eigenvalue weighted by Gasteiger charge is 2.04. The lowest BCUT2D eigenvalue weighted by Gasteiger charge is -2.18. The molecule has 88 valence electrons. The van der Waals surface area contributed by atoms with E-state index in [4.69, 9.17) is 11.6 Å². The first-order chi connectivity index (χ1) is 8.29. The van der Waals surface area contributed by atoms with Gasteiger partial charge in [-0.2, -0.15) is 0 Å². The van der Waals surface area contributed by atoms with E-state index >= 15 is 0 Å². The summed E-state index contributed by atoms with van der Waals surface area (Å²) in [6, 6.07) is 9.86. The quantitative estimate of drug-likeness (QED) is 0.778. The van der Waals surface area contributed by atoms with Gasteiger partial charge in [0.1, 0.15) is 5.82 Å². The van der Waals surface area contributed by atoms with Crippen LogP contribution >= 0.6 is 11.6 Å². The minimum absolute atomic E-state index is 0.439. The third kappa shape index (κ3) is 3.17. The number of nitrogens with zero attached hydrogens (tertiary/aromatic N) is 3. The van der Waals surface area contributed by atoms with Crippen LogP contribution in [0.3, 0.4) is 0 Å². The number of aromatic nitrogens is 2. The highest BCUT2D eigenvalue weighted by molar-refractivity contribution is 6.16. The van der Waals surface area contributed by atoms with E-state index < -0.39 is 0 Å². The van der Waals surface area contributed by atoms with Gasteiger partial charge in [0.25, 0.3) is 0 Å². The summed E-state index contributed by atoms with van der Waals surface area (Å²) in [6.45, 7) is 0.784. The first-order valence-corrected chi connectivity index (χ1v) is 5.95. The Kier molecular flexibility index (Phi) is 3.94. The molecule has 0 aliphatic heterocycles. The van der Waals surface area contributed by atoms with Gasteiger partial charge in [0.2, 0.25) is 0 Å². The first-order valence-electron chi connectivity index (χ1n) is 5.41. The Labute approximate surface area is 106 Å². The Balaban J connectivity index is 2.11. The molecule has 0 saturated carbocycles. The zero-order valence-electron chi connectivity index (χ0n) is 9.68. The summed E-state index contributed by atoms with van der Waals surface area (Å²) in [4.78, 5) is 10.6. The highest BCUT2D eigenvalue weighted by Crippen LogP contribution is 2.13. The van der Waals surface area contributed by atoms with Crippen molar-refractivity contribution in [3.05, 3.63) is 54.0 Å². The number of hydrogen-bond acceptors (Lipinski definition) is 3. The summed E-state index contributed by atoms with van der Waals surface area (Å²) in [6.07, 6.45) is 3.64. The molecule has 0 aliphatic rings. The van der Waals surface area contributed by atoms with Gasteiger partial charge >= 0.3 is 0 Å². The molecule has 0 N–H and O–H groups in total. The number of alkyl halides is 1. The summed E-state index contributed by atoms with van der Waals surface area (Å²) < 4.78 is 0. The molecule has 17 heavy (non-hydrogen) atoms. The summed E-state index contributed by atoms with van der Waals surface area (Å²) >= 11 is 5.77. The van der Waals surface area contributed by atoms with Crippen LogP contribution in [0.1, 0.15) is 11.3 Å². The fourth-order valence-corrected chi connectivity index (χ4v) is 1.75. The smallest absolute Gasteiger partial charge is 0.128 e. The van der Waals surface area contributed by atoms with E-state index in [-0.39, 0.29) is 0 Å². The van der Waals surface area contributed by atoms with E-state index in [2.05, 4.69) is 20.9 Å². The molecular formula is C13H14ClN3. The summed E-state index contributed by atoms with van der Waals surface area (Å²) in [7, 11) is 2.01. The van der Waals surface area contributed by atoms with Gasteiger partial charge in [0, 0.05) is 26.0 Å². The molecule has 2 rings (SSSR count). The third-order valence-corrected chi connectivity index (χ3v) is 2.74. The van der Waals surface area contributed by atoms with Crippen LogP contribution in [-0.2, 0) is 12.4 Å². The maximum Gasteiger partial charge on any atom is 0.128 e. The van der Waals surface area contributed by atoms with Gasteiger partial charge in [0.15, 0.2) is 0 Å². The molecule has 2 heterocycles. The molecule has 0 saturated heterocycles. The van der Waals surface area contributed by atoms with Crippen molar-refractivity contribution in [3.8, 4) is 0 Å². The highest BCUT2D eigenvalue weighted by atomic mass is 35.5. The predicted octanol–water partition coefficient (Wildman–Crippen LogP) is 2.85. The second-order valence-corrected chi connectivity index (χ2v) is 4.11. The van der Waals surface area contributed by atoms with E-state index in [0.717, 1.165) is 23.6 Å². The fraction of sp³-hybridized carbons (Fsp3) is 0.231. The molecule has 2 aromatic rings. The minimum atomic E-state index is 0.439. The molecule has 0 unspecified atom stereocenters. The molecule has 0 amide bonds. The molecule has 0 aromatic carbocycles. The molecule has 2 aromatic heterocycles. The lowest BCUT2D eigenvalue weighted by atomic mass is 10.2. The molecule has 4 heteroatoms. The largest absolute Gasteiger partial charge is 0.355 e. The van der Waals surface area contributed by atoms with Gasteiger partial charge in [-0.3, -0.25) is 4.98 Å². The van der Waals surface area contributed by atoms with E-state index in [0.29, 0.717) is 5.88 Å². The lowest BCUT2D eigenvalue weighted by molar-refractivity contribution is 0.885. The Bertz CT molecular complexity index is 473. The van der Waals surface area contributed by atoms with E-state index in [1.54, 1.807) is 6.20 Å². The molecule has 0 spiro atoms. The number of hydrogen-bond donors (Lipinski definition) is 0. The van der Waals surface area contributed by atoms with Crippen molar-refractivity contribution in [2.45, 2.75) is 12.4 Å². The van der Waals surface area contributed by atoms with Crippen molar-refractivity contribution >= 4 is 17.4 Å². The topological polar surface area (TPSA) is 29.0 Å². The second kappa shape index (κ2) is 5.64. The van der Waals surface area contributed by atoms with Gasteiger partial charge in [-0.1, -0.05) is 12.1 Å². The molecule has 0 atom stereocenters. The Morgan fingerprint density at radius 1 is 1.24 bits per heavy atom. The van der Waals surface area contributed by atoms with Crippen molar-refractivity contribution in [3.63, 3.8) is 0 Å². The molecular weight excluding hydrogens is 234 g/mol. The number of anilines is 1. The van der Waals surface area contributed by atoms with E-state index in [1.807, 2.05) is 37.5 Å². The Morgan fingerprint density at radius 2 is 2.12 bits per heavy atom. The van der Waals surface area contributed by atoms with E-state index in [9.17, 15) is 0 Å². The van der Waals surface area contributed by atoms with Crippen LogP contribution in [-0.4, -0.2) is 17.0 Å². The molecule has 0 bridgehead atoms. The molecule has 0 aliphatic carbocycles. The van der Waals surface area contributed by atoms with Crippen LogP contribution in [0.4, 0.5) is 5.82 Å². The van der Waals surface area contributed by atoms with Crippen molar-refractivity contribution < 1.29 is 0 Å². The average molecular weight is 248 g/mol. The standard InChI is InChI=1S/C13H14ClN3/c1-17(10-11-4-3-7-15-9-11)13-6-2-5-12(8-14)16-13/h2-7,9H,8,10H2,1H3. The first kappa shape index (κ1) is 11.9. The van der Waals surface area contributed by atoms with Gasteiger partial charge < -0.3 is 4.90 Å². The van der Waals surface area contributed by atoms with E-state index in [1.165, 1.54) is 0 Å². The van der Waals surface area contributed by atoms with Gasteiger partial charge in [-0.05, 0) is 23.8 Å². The van der Waals surface area contributed by atoms with Crippen molar-refractivity contribution in [2.24, 2.45) is 0 Å². The maximum atomic E-state index is 5.77. The molecule has 0 radical (unpaired) electrons. The normalized spacial score (nSPS) is 10.2. The molecule has 3 nitrogen and oxygen atoms in total. The Morgan fingerprint density at radius 3 is 2.82 bits per heavy atom. The van der Waals surface area contributed by atoms with Gasteiger partial charge in [-0.15, -0.1) is 11.6 Å². The molecule has 0 fully saturated rings. The zero-order chi connectivity index (χ0) is 12.1. The van der Waals surface area contributed by atoms with Crippen LogP contribution in [0.5, 0.6) is 0 Å². The monoisotopic (exact) mass is 247 g/mol. The van der Waals surface area contributed by atoms with Gasteiger partial charge in [0.05, 0.1) is 11.6 Å². The van der Waals surface area contributed by atoms with Crippen molar-refractivity contribution in [1.82, 2.24) is 9.97 Å². The van der Waals surface area contributed by atoms with Crippen LogP contribution in [0, 0.1) is 0 Å². The third-order valence-electron chi connectivity index (χ3n) is 2.46. The fourth-order valence-electron chi connectivity index (χ4n) is 1.60. The van der Waals surface area contributed by atoms with Crippen LogP contribution in [0.2, 0.25) is 0 Å². The Hall–Kier alpha value is -1.61. The summed E-state index contributed by atoms with van der Waals surface area (Å²) in [5.74, 6) is 1.36. The summed E-state index contributed by atoms with van der Waals surface area (Å²) in [5.41, 5.74) is 2.05. The van der Waals surface area contributed by atoms with Crippen molar-refractivity contribution in [1.29, 1.82) is 0 Å². The SMILES string of the molecule is CN(Cc1cccnc1)c1cccc(CCl)n1. The maximum absolute atomic E-state index is 5.77. The zero-order valence-corrected chi connectivity index (χ0v) is 10.4. The van der Waals surface area contributed by atoms with Crippen LogP contribution < -0.4 is 4.90 Å². The number of pyridine rings is 2. The summed E-state index contributed by atoms with van der Waals surface area (Å²) in [5, 5.41) is 0. The number of halogens is 1. The average Bonchev–Trinajstić information content (AvgIpc) is 2.40. The van der Waals surface area contributed by atoms with Crippen molar-refractivity contribution in [2.75, 3.05) is 11.9 Å². The van der Waals surface area contributed by atoms with Crippen LogP contribution in [0.15, 0.2) is 42.7 Å². The van der Waals surface area contributed by atoms with Gasteiger partial charge in [-0.25, -0.2) is 4.98 Å². The van der Waals surface area contributed by atoms with Crippen LogP contribution in [0.25, 0.3) is 0 Å². The second-order valence-electron chi connectivity index (χ2n) is 3.84. The predicted molar refractivity (Wildman–Crippen MR) is 70.1 cm³/mol.